The lowest BCUT2D eigenvalue weighted by Crippen LogP contribution is -2.44. The number of hydrogen-bond acceptors (Lipinski definition) is 4. The molecule has 2 heterocycles. The number of amides is 2. The number of benzene rings is 1. The third kappa shape index (κ3) is 4.99. The molecule has 0 saturated carbocycles. The lowest BCUT2D eigenvalue weighted by Gasteiger charge is -2.22. The van der Waals surface area contributed by atoms with Gasteiger partial charge < -0.3 is 10.6 Å². The Morgan fingerprint density at radius 3 is 3.09 bits per heavy atom. The number of carbonyl (C=O) groups excluding carboxylic acids is 1. The summed E-state index contributed by atoms with van der Waals surface area (Å²) in [4.78, 5) is 15.9. The molecular weight excluding hydrogens is 310 g/mol. The van der Waals surface area contributed by atoms with Gasteiger partial charge in [-0.3, -0.25) is 0 Å². The van der Waals surface area contributed by atoms with E-state index in [1.807, 2.05) is 30.0 Å². The van der Waals surface area contributed by atoms with Crippen LogP contribution in [0.25, 0.3) is 0 Å². The van der Waals surface area contributed by atoms with E-state index in [1.165, 1.54) is 18.5 Å². The minimum atomic E-state index is -0.0841. The van der Waals surface area contributed by atoms with Crippen LogP contribution in [-0.4, -0.2) is 38.3 Å². The highest BCUT2D eigenvalue weighted by molar-refractivity contribution is 7.99. The van der Waals surface area contributed by atoms with Gasteiger partial charge in [0.1, 0.15) is 12.7 Å². The molecular formula is C16H21N5OS. The zero-order valence-corrected chi connectivity index (χ0v) is 13.8. The minimum Gasteiger partial charge on any atom is -0.335 e. The summed E-state index contributed by atoms with van der Waals surface area (Å²) in [6, 6.07) is 8.36. The molecule has 2 aromatic rings. The van der Waals surface area contributed by atoms with Crippen molar-refractivity contribution in [2.45, 2.75) is 32.0 Å². The molecule has 7 heteroatoms. The summed E-state index contributed by atoms with van der Waals surface area (Å²) in [6.07, 6.45) is 5.48. The summed E-state index contributed by atoms with van der Waals surface area (Å²) in [5.74, 6) is 2.22. The Balaban J connectivity index is 1.48. The van der Waals surface area contributed by atoms with Crippen molar-refractivity contribution in [3.8, 4) is 0 Å². The predicted molar refractivity (Wildman–Crippen MR) is 91.3 cm³/mol. The first-order valence-corrected chi connectivity index (χ1v) is 8.97. The fourth-order valence-corrected chi connectivity index (χ4v) is 3.68. The lowest BCUT2D eigenvalue weighted by atomic mass is 10.1. The summed E-state index contributed by atoms with van der Waals surface area (Å²) in [6.45, 7) is 1.20. The second-order valence-electron chi connectivity index (χ2n) is 5.65. The zero-order chi connectivity index (χ0) is 15.9. The Hall–Kier alpha value is -2.02. The number of aromatic nitrogens is 3. The Morgan fingerprint density at radius 1 is 1.39 bits per heavy atom. The monoisotopic (exact) mass is 331 g/mol. The quantitative estimate of drug-likeness (QED) is 0.879. The fourth-order valence-electron chi connectivity index (χ4n) is 2.61. The van der Waals surface area contributed by atoms with Crippen molar-refractivity contribution < 1.29 is 4.79 Å². The highest BCUT2D eigenvalue weighted by Crippen LogP contribution is 2.16. The van der Waals surface area contributed by atoms with Crippen LogP contribution in [0.3, 0.4) is 0 Å². The third-order valence-electron chi connectivity index (χ3n) is 3.75. The van der Waals surface area contributed by atoms with Gasteiger partial charge in [0.2, 0.25) is 0 Å². The number of urea groups is 1. The molecule has 2 N–H and O–H groups in total. The van der Waals surface area contributed by atoms with Crippen LogP contribution in [0.4, 0.5) is 4.79 Å². The molecule has 1 aromatic carbocycles. The zero-order valence-electron chi connectivity index (χ0n) is 12.9. The van der Waals surface area contributed by atoms with Gasteiger partial charge in [-0.2, -0.15) is 16.9 Å². The maximum Gasteiger partial charge on any atom is 0.315 e. The highest BCUT2D eigenvalue weighted by atomic mass is 32.2. The molecule has 1 saturated heterocycles. The summed E-state index contributed by atoms with van der Waals surface area (Å²) >= 11 is 1.91. The largest absolute Gasteiger partial charge is 0.335 e. The van der Waals surface area contributed by atoms with E-state index >= 15 is 0 Å². The standard InChI is InChI=1S/C16H21N5OS/c22-16(20-15-5-2-6-23-10-15)18-8-13-3-1-4-14(7-13)9-21-12-17-11-19-21/h1,3-4,7,11-12,15H,2,5-6,8-10H2,(H2,18,20,22). The van der Waals surface area contributed by atoms with Crippen LogP contribution in [0.2, 0.25) is 0 Å². The summed E-state index contributed by atoms with van der Waals surface area (Å²) in [7, 11) is 0. The Morgan fingerprint density at radius 2 is 2.30 bits per heavy atom. The van der Waals surface area contributed by atoms with Gasteiger partial charge in [-0.25, -0.2) is 14.5 Å². The number of carbonyl (C=O) groups is 1. The second-order valence-corrected chi connectivity index (χ2v) is 6.80. The molecule has 1 unspecified atom stereocenters. The van der Waals surface area contributed by atoms with Crippen molar-refractivity contribution in [2.75, 3.05) is 11.5 Å². The summed E-state index contributed by atoms with van der Waals surface area (Å²) in [5, 5.41) is 10.1. The fraction of sp³-hybridized carbons (Fsp3) is 0.438. The van der Waals surface area contributed by atoms with Crippen molar-refractivity contribution in [2.24, 2.45) is 0 Å². The molecule has 0 aliphatic carbocycles. The van der Waals surface area contributed by atoms with Crippen LogP contribution < -0.4 is 10.6 Å². The molecule has 1 fully saturated rings. The van der Waals surface area contributed by atoms with Crippen LogP contribution in [-0.2, 0) is 13.1 Å². The van der Waals surface area contributed by atoms with Crippen molar-refractivity contribution in [1.82, 2.24) is 25.4 Å². The molecule has 6 nitrogen and oxygen atoms in total. The van der Waals surface area contributed by atoms with Crippen molar-refractivity contribution in [3.05, 3.63) is 48.0 Å². The van der Waals surface area contributed by atoms with Gasteiger partial charge in [-0.15, -0.1) is 0 Å². The number of thioether (sulfide) groups is 1. The molecule has 1 atom stereocenters. The topological polar surface area (TPSA) is 71.8 Å². The van der Waals surface area contributed by atoms with Crippen LogP contribution in [0.15, 0.2) is 36.9 Å². The van der Waals surface area contributed by atoms with Crippen LogP contribution in [0.5, 0.6) is 0 Å². The molecule has 23 heavy (non-hydrogen) atoms. The van der Waals surface area contributed by atoms with Gasteiger partial charge in [0, 0.05) is 18.3 Å². The molecule has 1 aliphatic rings. The summed E-state index contributed by atoms with van der Waals surface area (Å²) in [5.41, 5.74) is 2.22. The first-order valence-electron chi connectivity index (χ1n) is 7.82. The van der Waals surface area contributed by atoms with E-state index in [-0.39, 0.29) is 6.03 Å². The van der Waals surface area contributed by atoms with Crippen molar-refractivity contribution in [1.29, 1.82) is 0 Å². The average Bonchev–Trinajstić information content (AvgIpc) is 3.07. The van der Waals surface area contributed by atoms with Gasteiger partial charge in [0.05, 0.1) is 6.54 Å². The van der Waals surface area contributed by atoms with Gasteiger partial charge >= 0.3 is 6.03 Å². The summed E-state index contributed by atoms with van der Waals surface area (Å²) < 4.78 is 1.78. The van der Waals surface area contributed by atoms with Crippen molar-refractivity contribution >= 4 is 17.8 Å². The first kappa shape index (κ1) is 15.9. The van der Waals surface area contributed by atoms with Gasteiger partial charge in [-0.1, -0.05) is 24.3 Å². The smallest absolute Gasteiger partial charge is 0.315 e. The van der Waals surface area contributed by atoms with E-state index in [0.717, 1.165) is 23.3 Å². The molecule has 122 valence electrons. The molecule has 1 aromatic heterocycles. The molecule has 0 bridgehead atoms. The number of nitrogens with one attached hydrogen (secondary N) is 2. The maximum atomic E-state index is 12.0. The van der Waals surface area contributed by atoms with Crippen molar-refractivity contribution in [3.63, 3.8) is 0 Å². The van der Waals surface area contributed by atoms with E-state index in [9.17, 15) is 4.79 Å². The first-order chi connectivity index (χ1) is 11.3. The van der Waals surface area contributed by atoms with E-state index in [2.05, 4.69) is 26.8 Å². The second kappa shape index (κ2) is 8.01. The van der Waals surface area contributed by atoms with Gasteiger partial charge in [0.15, 0.2) is 0 Å². The predicted octanol–water partition coefficient (Wildman–Crippen LogP) is 2.02. The number of rotatable bonds is 5. The van der Waals surface area contributed by atoms with Gasteiger partial charge in [-0.05, 0) is 29.7 Å². The molecule has 2 amide bonds. The van der Waals surface area contributed by atoms with E-state index in [1.54, 1.807) is 11.0 Å². The number of nitrogens with zero attached hydrogens (tertiary/aromatic N) is 3. The van der Waals surface area contributed by atoms with Crippen LogP contribution >= 0.6 is 11.8 Å². The normalized spacial score (nSPS) is 17.7. The van der Waals surface area contributed by atoms with Crippen LogP contribution in [0.1, 0.15) is 24.0 Å². The van der Waals surface area contributed by atoms with Gasteiger partial charge in [0.25, 0.3) is 0 Å². The molecule has 1 aliphatic heterocycles. The van der Waals surface area contributed by atoms with E-state index in [0.29, 0.717) is 19.1 Å². The highest BCUT2D eigenvalue weighted by Gasteiger charge is 2.15. The minimum absolute atomic E-state index is 0.0841. The SMILES string of the molecule is O=C(NCc1cccc(Cn2cncn2)c1)NC1CCCSC1. The molecule has 0 spiro atoms. The molecule has 0 radical (unpaired) electrons. The van der Waals surface area contributed by atoms with E-state index in [4.69, 9.17) is 0 Å². The Labute approximate surface area is 140 Å². The Kier molecular flexibility index (Phi) is 5.52. The van der Waals surface area contributed by atoms with Crippen LogP contribution in [0, 0.1) is 0 Å². The average molecular weight is 331 g/mol. The lowest BCUT2D eigenvalue weighted by molar-refractivity contribution is 0.237. The molecule has 3 rings (SSSR count). The number of hydrogen-bond donors (Lipinski definition) is 2. The van der Waals surface area contributed by atoms with E-state index < -0.39 is 0 Å². The third-order valence-corrected chi connectivity index (χ3v) is 4.97. The Bertz CT molecular complexity index is 625. The maximum absolute atomic E-state index is 12.0.